The second-order valence-electron chi connectivity index (χ2n) is 3.66. The molecule has 2 rings (SSSR count). The molecule has 0 atom stereocenters. The van der Waals surface area contributed by atoms with Gasteiger partial charge < -0.3 is 10.6 Å². The quantitative estimate of drug-likeness (QED) is 0.676. The highest BCUT2D eigenvalue weighted by atomic mass is 32.2. The Bertz CT molecular complexity index is 558. The van der Waals surface area contributed by atoms with Gasteiger partial charge in [-0.25, -0.2) is 9.07 Å². The van der Waals surface area contributed by atoms with Gasteiger partial charge in [-0.3, -0.25) is 0 Å². The number of hydrogen-bond acceptors (Lipinski definition) is 5. The molecule has 5 nitrogen and oxygen atoms in total. The van der Waals surface area contributed by atoms with Gasteiger partial charge >= 0.3 is 0 Å². The summed E-state index contributed by atoms with van der Waals surface area (Å²) >= 11 is 1.40. The molecule has 2 aromatic rings. The van der Waals surface area contributed by atoms with Crippen LogP contribution in [0.1, 0.15) is 11.4 Å². The molecule has 2 N–H and O–H groups in total. The van der Waals surface area contributed by atoms with Crippen molar-refractivity contribution in [3.05, 3.63) is 35.4 Å². The maximum Gasteiger partial charge on any atom is 0.210 e. The van der Waals surface area contributed by atoms with Crippen LogP contribution in [0.25, 0.3) is 0 Å². The van der Waals surface area contributed by atoms with Gasteiger partial charge in [-0.05, 0) is 24.6 Å². The van der Waals surface area contributed by atoms with E-state index in [-0.39, 0.29) is 11.6 Å². The molecule has 1 heterocycles. The Balaban J connectivity index is 2.06. The molecule has 7 heteroatoms. The zero-order chi connectivity index (χ0) is 13.1. The van der Waals surface area contributed by atoms with Crippen molar-refractivity contribution in [1.29, 1.82) is 0 Å². The molecule has 1 aromatic heterocycles. The summed E-state index contributed by atoms with van der Waals surface area (Å²) in [6.45, 7) is 1.77. The molecule has 0 radical (unpaired) electrons. The summed E-state index contributed by atoms with van der Waals surface area (Å²) in [7, 11) is 1.44. The summed E-state index contributed by atoms with van der Waals surface area (Å²) < 4.78 is 19.7. The Morgan fingerprint density at radius 1 is 1.44 bits per heavy atom. The number of rotatable bonds is 4. The first kappa shape index (κ1) is 12.7. The number of ether oxygens (including phenoxy) is 1. The minimum Gasteiger partial charge on any atom is -0.494 e. The number of nitrogens with two attached hydrogens (primary N) is 1. The van der Waals surface area contributed by atoms with Crippen LogP contribution < -0.4 is 10.6 Å². The van der Waals surface area contributed by atoms with Gasteiger partial charge in [0.05, 0.1) is 7.11 Å². The number of benzene rings is 1. The smallest absolute Gasteiger partial charge is 0.210 e. The number of hydrogen-bond donors (Lipinski definition) is 1. The van der Waals surface area contributed by atoms with Crippen molar-refractivity contribution in [2.45, 2.75) is 17.8 Å². The van der Waals surface area contributed by atoms with Crippen LogP contribution in [0.2, 0.25) is 0 Å². The average Bonchev–Trinajstić information content (AvgIpc) is 2.68. The summed E-state index contributed by atoms with van der Waals surface area (Å²) in [5.41, 5.74) is 0.832. The fraction of sp³-hybridized carbons (Fsp3) is 0.273. The Labute approximate surface area is 108 Å². The Hall–Kier alpha value is -1.76. The molecule has 0 unspecified atom stereocenters. The van der Waals surface area contributed by atoms with E-state index in [1.54, 1.807) is 19.1 Å². The van der Waals surface area contributed by atoms with E-state index >= 15 is 0 Å². The minimum absolute atomic E-state index is 0.238. The highest BCUT2D eigenvalue weighted by molar-refractivity contribution is 7.98. The van der Waals surface area contributed by atoms with E-state index in [0.717, 1.165) is 5.56 Å². The number of nitrogen functional groups attached to an aromatic ring is 1. The lowest BCUT2D eigenvalue weighted by molar-refractivity contribution is 0.386. The molecule has 0 aliphatic rings. The molecule has 0 aliphatic carbocycles. The molecule has 0 fully saturated rings. The molecule has 0 aliphatic heterocycles. The van der Waals surface area contributed by atoms with Crippen molar-refractivity contribution >= 4 is 11.8 Å². The van der Waals surface area contributed by atoms with Crippen LogP contribution >= 0.6 is 11.8 Å². The topological polar surface area (TPSA) is 66.0 Å². The third-order valence-corrected chi connectivity index (χ3v) is 3.43. The molecular weight excluding hydrogens is 255 g/mol. The summed E-state index contributed by atoms with van der Waals surface area (Å²) in [5, 5.41) is 8.37. The zero-order valence-electron chi connectivity index (χ0n) is 10.1. The normalized spacial score (nSPS) is 10.6. The molecule has 0 saturated heterocycles. The van der Waals surface area contributed by atoms with Gasteiger partial charge in [0.25, 0.3) is 0 Å². The van der Waals surface area contributed by atoms with E-state index in [1.807, 2.05) is 0 Å². The van der Waals surface area contributed by atoms with Gasteiger partial charge in [-0.15, -0.1) is 10.2 Å². The standard InChI is InChI=1S/C11H13FN4OS/c1-7-14-15-11(16(7)13)18-6-8-3-4-10(17-2)9(12)5-8/h3-5H,6,13H2,1-2H3. The SMILES string of the molecule is COc1ccc(CSc2nnc(C)n2N)cc1F. The summed E-state index contributed by atoms with van der Waals surface area (Å²) in [6, 6.07) is 4.85. The molecule has 0 bridgehead atoms. The van der Waals surface area contributed by atoms with Gasteiger partial charge in [0.15, 0.2) is 11.6 Å². The monoisotopic (exact) mass is 268 g/mol. The van der Waals surface area contributed by atoms with Crippen LogP contribution in [0.15, 0.2) is 23.4 Å². The van der Waals surface area contributed by atoms with Crippen LogP contribution in [0, 0.1) is 12.7 Å². The van der Waals surface area contributed by atoms with Gasteiger partial charge in [0, 0.05) is 5.75 Å². The lowest BCUT2D eigenvalue weighted by atomic mass is 10.2. The van der Waals surface area contributed by atoms with Crippen LogP contribution in [-0.4, -0.2) is 22.0 Å². The Kier molecular flexibility index (Phi) is 3.71. The molecule has 0 amide bonds. The van der Waals surface area contributed by atoms with Crippen molar-refractivity contribution in [2.24, 2.45) is 0 Å². The van der Waals surface area contributed by atoms with Crippen LogP contribution in [-0.2, 0) is 5.75 Å². The van der Waals surface area contributed by atoms with Crippen molar-refractivity contribution in [3.63, 3.8) is 0 Å². The molecule has 96 valence electrons. The summed E-state index contributed by atoms with van der Waals surface area (Å²) in [5.74, 6) is 6.79. The van der Waals surface area contributed by atoms with Gasteiger partial charge in [0.1, 0.15) is 5.82 Å². The maximum absolute atomic E-state index is 13.5. The predicted molar refractivity (Wildman–Crippen MR) is 67.4 cm³/mol. The Morgan fingerprint density at radius 2 is 2.22 bits per heavy atom. The lowest BCUT2D eigenvalue weighted by Crippen LogP contribution is -2.11. The van der Waals surface area contributed by atoms with E-state index in [1.165, 1.54) is 29.6 Å². The van der Waals surface area contributed by atoms with Gasteiger partial charge in [0.2, 0.25) is 5.16 Å². The molecule has 18 heavy (non-hydrogen) atoms. The highest BCUT2D eigenvalue weighted by Gasteiger charge is 2.08. The van der Waals surface area contributed by atoms with Crippen LogP contribution in [0.3, 0.4) is 0 Å². The first-order valence-electron chi connectivity index (χ1n) is 5.24. The van der Waals surface area contributed by atoms with Crippen LogP contribution in [0.5, 0.6) is 5.75 Å². The minimum atomic E-state index is -0.374. The summed E-state index contributed by atoms with van der Waals surface area (Å²) in [4.78, 5) is 0. The molecule has 1 aromatic carbocycles. The van der Waals surface area contributed by atoms with Gasteiger partial charge in [-0.1, -0.05) is 17.8 Å². The van der Waals surface area contributed by atoms with E-state index in [4.69, 9.17) is 10.6 Å². The van der Waals surface area contributed by atoms with Crippen molar-refractivity contribution in [1.82, 2.24) is 14.9 Å². The lowest BCUT2D eigenvalue weighted by Gasteiger charge is -2.05. The van der Waals surface area contributed by atoms with Crippen LogP contribution in [0.4, 0.5) is 4.39 Å². The van der Waals surface area contributed by atoms with Crippen molar-refractivity contribution in [3.8, 4) is 5.75 Å². The number of halogens is 1. The summed E-state index contributed by atoms with van der Waals surface area (Å²) in [6.07, 6.45) is 0. The third-order valence-electron chi connectivity index (χ3n) is 2.42. The largest absolute Gasteiger partial charge is 0.494 e. The number of nitrogens with zero attached hydrogens (tertiary/aromatic N) is 3. The first-order valence-corrected chi connectivity index (χ1v) is 6.22. The van der Waals surface area contributed by atoms with E-state index in [9.17, 15) is 4.39 Å². The Morgan fingerprint density at radius 3 is 2.78 bits per heavy atom. The first-order chi connectivity index (χ1) is 8.61. The number of methoxy groups -OCH3 is 1. The molecule has 0 saturated carbocycles. The molecule has 0 spiro atoms. The maximum atomic E-state index is 13.5. The van der Waals surface area contributed by atoms with Crippen molar-refractivity contribution in [2.75, 3.05) is 13.0 Å². The fourth-order valence-electron chi connectivity index (χ4n) is 1.40. The number of aryl methyl sites for hydroxylation is 1. The second-order valence-corrected chi connectivity index (χ2v) is 4.60. The van der Waals surface area contributed by atoms with E-state index < -0.39 is 0 Å². The van der Waals surface area contributed by atoms with Crippen molar-refractivity contribution < 1.29 is 9.13 Å². The fourth-order valence-corrected chi connectivity index (χ4v) is 2.24. The van der Waals surface area contributed by atoms with E-state index in [2.05, 4.69) is 10.2 Å². The number of thioether (sulfide) groups is 1. The zero-order valence-corrected chi connectivity index (χ0v) is 10.9. The van der Waals surface area contributed by atoms with Gasteiger partial charge in [-0.2, -0.15) is 0 Å². The second kappa shape index (κ2) is 5.26. The number of aromatic nitrogens is 3. The molecular formula is C11H13FN4OS. The highest BCUT2D eigenvalue weighted by Crippen LogP contribution is 2.23. The average molecular weight is 268 g/mol. The third kappa shape index (κ3) is 2.56. The van der Waals surface area contributed by atoms with E-state index in [0.29, 0.717) is 16.7 Å². The predicted octanol–water partition coefficient (Wildman–Crippen LogP) is 1.74.